The van der Waals surface area contributed by atoms with Gasteiger partial charge in [0.25, 0.3) is 0 Å². The third-order valence-corrected chi connectivity index (χ3v) is 2.91. The number of carbonyl (C=O) groups is 1. The molecular formula is C9H5ClN2OS. The van der Waals surface area contributed by atoms with Crippen molar-refractivity contribution >= 4 is 29.2 Å². The minimum atomic E-state index is 0.425. The highest BCUT2D eigenvalue weighted by Crippen LogP contribution is 2.29. The third kappa shape index (κ3) is 1.66. The second-order valence-electron chi connectivity index (χ2n) is 2.52. The molecule has 0 spiro atoms. The number of aromatic nitrogens is 2. The zero-order chi connectivity index (χ0) is 9.97. The third-order valence-electron chi connectivity index (χ3n) is 1.65. The van der Waals surface area contributed by atoms with Crippen LogP contribution in [0.3, 0.4) is 0 Å². The Morgan fingerprint density at radius 3 is 2.93 bits per heavy atom. The Hall–Kier alpha value is -1.26. The molecule has 5 heteroatoms. The monoisotopic (exact) mass is 224 g/mol. The van der Waals surface area contributed by atoms with E-state index in [1.54, 1.807) is 18.5 Å². The Labute approximate surface area is 89.4 Å². The summed E-state index contributed by atoms with van der Waals surface area (Å²) in [5.41, 5.74) is 0.805. The predicted octanol–water partition coefficient (Wildman–Crippen LogP) is 2.67. The lowest BCUT2D eigenvalue weighted by molar-refractivity contribution is 0.112. The van der Waals surface area contributed by atoms with Crippen molar-refractivity contribution in [3.63, 3.8) is 0 Å². The van der Waals surface area contributed by atoms with Gasteiger partial charge in [-0.3, -0.25) is 4.79 Å². The van der Waals surface area contributed by atoms with Gasteiger partial charge in [0.1, 0.15) is 5.15 Å². The van der Waals surface area contributed by atoms with Gasteiger partial charge in [0.2, 0.25) is 0 Å². The lowest BCUT2D eigenvalue weighted by Crippen LogP contribution is -1.77. The summed E-state index contributed by atoms with van der Waals surface area (Å²) in [4.78, 5) is 19.2. The molecule has 0 saturated carbocycles. The molecule has 3 nitrogen and oxygen atoms in total. The standard InChI is InChI=1S/C9H5ClN2OS/c10-9-6(2-1-3-11-9)7-4-12-8(5-13)14-7/h1-5H. The molecule has 0 radical (unpaired) electrons. The highest BCUT2D eigenvalue weighted by atomic mass is 35.5. The fourth-order valence-electron chi connectivity index (χ4n) is 1.04. The molecule has 0 aliphatic heterocycles. The van der Waals surface area contributed by atoms with Crippen LogP contribution >= 0.6 is 22.9 Å². The van der Waals surface area contributed by atoms with E-state index in [0.29, 0.717) is 10.2 Å². The first-order chi connectivity index (χ1) is 6.81. The minimum absolute atomic E-state index is 0.425. The number of hydrogen-bond donors (Lipinski definition) is 0. The summed E-state index contributed by atoms with van der Waals surface area (Å²) in [7, 11) is 0. The summed E-state index contributed by atoms with van der Waals surface area (Å²) in [6.45, 7) is 0. The second-order valence-corrected chi connectivity index (χ2v) is 3.94. The van der Waals surface area contributed by atoms with Gasteiger partial charge in [-0.15, -0.1) is 11.3 Å². The predicted molar refractivity (Wildman–Crippen MR) is 55.7 cm³/mol. The molecule has 70 valence electrons. The maximum atomic E-state index is 10.4. The highest BCUT2D eigenvalue weighted by Gasteiger charge is 2.07. The number of thiazole rings is 1. The van der Waals surface area contributed by atoms with Gasteiger partial charge in [-0.1, -0.05) is 11.6 Å². The van der Waals surface area contributed by atoms with Gasteiger partial charge in [-0.05, 0) is 12.1 Å². The van der Waals surface area contributed by atoms with E-state index < -0.39 is 0 Å². The first-order valence-electron chi connectivity index (χ1n) is 3.83. The molecule has 0 aliphatic rings. The molecule has 0 unspecified atom stereocenters. The number of pyridine rings is 1. The SMILES string of the molecule is O=Cc1ncc(-c2cccnc2Cl)s1. The van der Waals surface area contributed by atoms with Crippen molar-refractivity contribution in [1.82, 2.24) is 9.97 Å². The van der Waals surface area contributed by atoms with Crippen molar-refractivity contribution in [1.29, 1.82) is 0 Å². The molecule has 0 fully saturated rings. The summed E-state index contributed by atoms with van der Waals surface area (Å²) in [6.07, 6.45) is 3.96. The average Bonchev–Trinajstić information content (AvgIpc) is 2.67. The zero-order valence-corrected chi connectivity index (χ0v) is 8.55. The highest BCUT2D eigenvalue weighted by molar-refractivity contribution is 7.16. The van der Waals surface area contributed by atoms with Crippen LogP contribution in [-0.2, 0) is 0 Å². The van der Waals surface area contributed by atoms with E-state index in [9.17, 15) is 4.79 Å². The fourth-order valence-corrected chi connectivity index (χ4v) is 2.07. The van der Waals surface area contributed by atoms with Gasteiger partial charge in [0, 0.05) is 18.0 Å². The average molecular weight is 225 g/mol. The largest absolute Gasteiger partial charge is 0.295 e. The lowest BCUT2D eigenvalue weighted by atomic mass is 10.2. The summed E-state index contributed by atoms with van der Waals surface area (Å²) in [5.74, 6) is 0. The summed E-state index contributed by atoms with van der Waals surface area (Å²) >= 11 is 7.19. The second kappa shape index (κ2) is 3.86. The number of nitrogens with zero attached hydrogens (tertiary/aromatic N) is 2. The van der Waals surface area contributed by atoms with E-state index in [1.807, 2.05) is 6.07 Å². The summed E-state index contributed by atoms with van der Waals surface area (Å²) in [5, 5.41) is 0.869. The lowest BCUT2D eigenvalue weighted by Gasteiger charge is -1.96. The van der Waals surface area contributed by atoms with Crippen LogP contribution in [0.1, 0.15) is 9.80 Å². The molecule has 14 heavy (non-hydrogen) atoms. The van der Waals surface area contributed by atoms with Crippen molar-refractivity contribution < 1.29 is 4.79 Å². The first-order valence-corrected chi connectivity index (χ1v) is 5.02. The van der Waals surface area contributed by atoms with Crippen LogP contribution in [0.2, 0.25) is 5.15 Å². The number of aldehydes is 1. The Balaban J connectivity index is 2.49. The molecule has 2 aromatic rings. The van der Waals surface area contributed by atoms with Crippen LogP contribution < -0.4 is 0 Å². The molecule has 0 aromatic carbocycles. The molecule has 2 heterocycles. The molecule has 0 bridgehead atoms. The quantitative estimate of drug-likeness (QED) is 0.582. The van der Waals surface area contributed by atoms with Crippen molar-refractivity contribution in [2.45, 2.75) is 0 Å². The van der Waals surface area contributed by atoms with Gasteiger partial charge in [-0.2, -0.15) is 0 Å². The van der Waals surface area contributed by atoms with Crippen molar-refractivity contribution in [3.05, 3.63) is 34.7 Å². The number of carbonyl (C=O) groups excluding carboxylic acids is 1. The van der Waals surface area contributed by atoms with Gasteiger partial charge < -0.3 is 0 Å². The molecule has 0 aliphatic carbocycles. The maximum absolute atomic E-state index is 10.4. The van der Waals surface area contributed by atoms with E-state index >= 15 is 0 Å². The fraction of sp³-hybridized carbons (Fsp3) is 0. The van der Waals surface area contributed by atoms with Crippen molar-refractivity contribution in [2.24, 2.45) is 0 Å². The topological polar surface area (TPSA) is 42.9 Å². The van der Waals surface area contributed by atoms with E-state index in [1.165, 1.54) is 11.3 Å². The number of rotatable bonds is 2. The Bertz CT molecular complexity index is 469. The molecule has 2 rings (SSSR count). The van der Waals surface area contributed by atoms with Crippen LogP contribution in [0.4, 0.5) is 0 Å². The Morgan fingerprint density at radius 1 is 1.43 bits per heavy atom. The van der Waals surface area contributed by atoms with Crippen molar-refractivity contribution in [2.75, 3.05) is 0 Å². The zero-order valence-electron chi connectivity index (χ0n) is 6.98. The molecule has 0 N–H and O–H groups in total. The molecule has 0 atom stereocenters. The summed E-state index contributed by atoms with van der Waals surface area (Å²) in [6, 6.07) is 3.64. The van der Waals surface area contributed by atoms with Gasteiger partial charge >= 0.3 is 0 Å². The summed E-state index contributed by atoms with van der Waals surface area (Å²) < 4.78 is 0. The first kappa shape index (κ1) is 9.30. The van der Waals surface area contributed by atoms with Crippen LogP contribution in [0.15, 0.2) is 24.5 Å². The van der Waals surface area contributed by atoms with Crippen molar-refractivity contribution in [3.8, 4) is 10.4 Å². The molecular weight excluding hydrogens is 220 g/mol. The van der Waals surface area contributed by atoms with E-state index in [0.717, 1.165) is 16.7 Å². The van der Waals surface area contributed by atoms with E-state index in [4.69, 9.17) is 11.6 Å². The normalized spacial score (nSPS) is 10.1. The molecule has 0 saturated heterocycles. The molecule has 0 amide bonds. The number of hydrogen-bond acceptors (Lipinski definition) is 4. The van der Waals surface area contributed by atoms with Crippen LogP contribution in [0, 0.1) is 0 Å². The minimum Gasteiger partial charge on any atom is -0.295 e. The van der Waals surface area contributed by atoms with E-state index in [-0.39, 0.29) is 0 Å². The van der Waals surface area contributed by atoms with Crippen LogP contribution in [0.25, 0.3) is 10.4 Å². The van der Waals surface area contributed by atoms with Gasteiger partial charge in [0.05, 0.1) is 4.88 Å². The Morgan fingerprint density at radius 2 is 2.29 bits per heavy atom. The number of halogens is 1. The van der Waals surface area contributed by atoms with Gasteiger partial charge in [-0.25, -0.2) is 9.97 Å². The Kier molecular flexibility index (Phi) is 2.56. The molecule has 2 aromatic heterocycles. The van der Waals surface area contributed by atoms with Crippen LogP contribution in [-0.4, -0.2) is 16.3 Å². The maximum Gasteiger partial charge on any atom is 0.178 e. The smallest absolute Gasteiger partial charge is 0.178 e. The van der Waals surface area contributed by atoms with Gasteiger partial charge in [0.15, 0.2) is 11.3 Å². The van der Waals surface area contributed by atoms with Crippen LogP contribution in [0.5, 0.6) is 0 Å². The van der Waals surface area contributed by atoms with E-state index in [2.05, 4.69) is 9.97 Å².